The van der Waals surface area contributed by atoms with Gasteiger partial charge >= 0.3 is 6.18 Å². The molecule has 0 spiro atoms. The number of nitrogens with zero attached hydrogens (tertiary/aromatic N) is 3. The van der Waals surface area contributed by atoms with Gasteiger partial charge in [0.15, 0.2) is 0 Å². The molecule has 0 bridgehead atoms. The van der Waals surface area contributed by atoms with E-state index in [1.807, 2.05) is 22.9 Å². The molecule has 2 heterocycles. The number of imidazole rings is 1. The summed E-state index contributed by atoms with van der Waals surface area (Å²) in [5.74, 6) is 0.551. The Balaban J connectivity index is 1.45. The molecule has 6 nitrogen and oxygen atoms in total. The van der Waals surface area contributed by atoms with Crippen molar-refractivity contribution in [1.29, 1.82) is 0 Å². The third kappa shape index (κ3) is 5.41. The van der Waals surface area contributed by atoms with Crippen LogP contribution in [0.4, 0.5) is 17.6 Å². The molecule has 1 aliphatic rings. The van der Waals surface area contributed by atoms with Gasteiger partial charge in [0.25, 0.3) is 5.91 Å². The number of carbonyl (C=O) groups excluding carboxylic acids is 1. The highest BCUT2D eigenvalue weighted by Gasteiger charge is 2.33. The molecule has 1 fully saturated rings. The Morgan fingerprint density at radius 3 is 2.31 bits per heavy atom. The quantitative estimate of drug-likeness (QED) is 0.449. The van der Waals surface area contributed by atoms with Gasteiger partial charge < -0.3 is 18.9 Å². The van der Waals surface area contributed by atoms with Gasteiger partial charge in [0, 0.05) is 44.0 Å². The van der Waals surface area contributed by atoms with E-state index < -0.39 is 29.0 Å². The van der Waals surface area contributed by atoms with Gasteiger partial charge in [-0.2, -0.15) is 13.2 Å². The molecule has 10 heteroatoms. The topological polar surface area (TPSA) is 56.6 Å². The second-order valence-corrected chi connectivity index (χ2v) is 8.39. The minimum atomic E-state index is -4.65. The fourth-order valence-electron chi connectivity index (χ4n) is 4.35. The van der Waals surface area contributed by atoms with Crippen molar-refractivity contribution >= 4 is 5.91 Å². The Morgan fingerprint density at radius 2 is 1.71 bits per heavy atom. The lowest BCUT2D eigenvalue weighted by Gasteiger charge is -2.32. The van der Waals surface area contributed by atoms with Gasteiger partial charge in [0.2, 0.25) is 0 Å². The monoisotopic (exact) mass is 491 g/mol. The molecule has 2 aromatic carbocycles. The summed E-state index contributed by atoms with van der Waals surface area (Å²) < 4.78 is 65.9. The van der Waals surface area contributed by atoms with Gasteiger partial charge in [-0.15, -0.1) is 0 Å². The molecule has 0 unspecified atom stereocenters. The fourth-order valence-corrected chi connectivity index (χ4v) is 4.35. The number of aromatic nitrogens is 2. The molecule has 0 N–H and O–H groups in total. The Bertz CT molecular complexity index is 1180. The first-order valence-corrected chi connectivity index (χ1v) is 11.1. The van der Waals surface area contributed by atoms with Crippen LogP contribution in [0.2, 0.25) is 0 Å². The molecule has 1 aliphatic heterocycles. The number of ether oxygens (including phenoxy) is 2. The average molecular weight is 491 g/mol. The van der Waals surface area contributed by atoms with E-state index in [-0.39, 0.29) is 5.92 Å². The first-order valence-electron chi connectivity index (χ1n) is 11.1. The lowest BCUT2D eigenvalue weighted by atomic mass is 9.95. The van der Waals surface area contributed by atoms with Crippen molar-refractivity contribution in [2.24, 2.45) is 0 Å². The number of halogens is 4. The van der Waals surface area contributed by atoms with Gasteiger partial charge in [0.1, 0.15) is 23.1 Å². The normalized spacial score (nSPS) is 14.7. The standard InChI is InChI=1S/C25H25F4N3O3/c1-34-19-11-16(12-20(14-19)35-2)15-32-10-7-30-23(32)17-5-8-31(9-6-17)24(33)21-13-18(25(27,28)29)3-4-22(21)26/h3-4,7,10-14,17H,5-6,8-9,15H2,1-2H3. The third-order valence-electron chi connectivity index (χ3n) is 6.18. The minimum absolute atomic E-state index is 0.0490. The van der Waals surface area contributed by atoms with E-state index in [4.69, 9.17) is 9.47 Å². The molecule has 3 aromatic rings. The number of hydrogen-bond acceptors (Lipinski definition) is 4. The molecule has 0 aliphatic carbocycles. The van der Waals surface area contributed by atoms with Crippen LogP contribution in [0.5, 0.6) is 11.5 Å². The van der Waals surface area contributed by atoms with E-state index in [1.54, 1.807) is 26.5 Å². The van der Waals surface area contributed by atoms with Crippen molar-refractivity contribution in [3.63, 3.8) is 0 Å². The molecule has 35 heavy (non-hydrogen) atoms. The minimum Gasteiger partial charge on any atom is -0.497 e. The molecular formula is C25H25F4N3O3. The first kappa shape index (κ1) is 24.6. The molecule has 0 saturated carbocycles. The average Bonchev–Trinajstić information content (AvgIpc) is 3.31. The number of rotatable bonds is 6. The van der Waals surface area contributed by atoms with Crippen molar-refractivity contribution in [2.75, 3.05) is 27.3 Å². The maximum absolute atomic E-state index is 14.2. The van der Waals surface area contributed by atoms with Gasteiger partial charge in [-0.25, -0.2) is 9.37 Å². The number of amides is 1. The number of benzene rings is 2. The van der Waals surface area contributed by atoms with Gasteiger partial charge in [-0.3, -0.25) is 4.79 Å². The van der Waals surface area contributed by atoms with E-state index in [2.05, 4.69) is 4.98 Å². The highest BCUT2D eigenvalue weighted by Crippen LogP contribution is 2.32. The zero-order chi connectivity index (χ0) is 25.2. The lowest BCUT2D eigenvalue weighted by molar-refractivity contribution is -0.137. The van der Waals surface area contributed by atoms with Crippen LogP contribution in [-0.2, 0) is 12.7 Å². The van der Waals surface area contributed by atoms with Crippen LogP contribution >= 0.6 is 0 Å². The maximum atomic E-state index is 14.2. The van der Waals surface area contributed by atoms with Crippen molar-refractivity contribution in [1.82, 2.24) is 14.5 Å². The van der Waals surface area contributed by atoms with Crippen molar-refractivity contribution in [3.05, 3.63) is 77.1 Å². The Hall–Kier alpha value is -3.56. The van der Waals surface area contributed by atoms with Crippen LogP contribution in [0.25, 0.3) is 0 Å². The fraction of sp³-hybridized carbons (Fsp3) is 0.360. The molecule has 186 valence electrons. The van der Waals surface area contributed by atoms with Crippen LogP contribution in [-0.4, -0.2) is 47.7 Å². The van der Waals surface area contributed by atoms with E-state index in [0.29, 0.717) is 62.2 Å². The number of likely N-dealkylation sites (tertiary alicyclic amines) is 1. The van der Waals surface area contributed by atoms with Gasteiger partial charge in [-0.1, -0.05) is 0 Å². The van der Waals surface area contributed by atoms with Crippen LogP contribution in [0.1, 0.15) is 46.1 Å². The molecule has 1 aromatic heterocycles. The van der Waals surface area contributed by atoms with Crippen molar-refractivity contribution in [3.8, 4) is 11.5 Å². The largest absolute Gasteiger partial charge is 0.497 e. The summed E-state index contributed by atoms with van der Waals surface area (Å²) in [6.07, 6.45) is 0.0498. The SMILES string of the molecule is COc1cc(Cn2ccnc2C2CCN(C(=O)c3cc(C(F)(F)F)ccc3F)CC2)cc(OC)c1. The van der Waals surface area contributed by atoms with E-state index in [0.717, 1.165) is 11.4 Å². The molecule has 0 atom stereocenters. The highest BCUT2D eigenvalue weighted by molar-refractivity contribution is 5.94. The maximum Gasteiger partial charge on any atom is 0.416 e. The van der Waals surface area contributed by atoms with Crippen LogP contribution in [0, 0.1) is 5.82 Å². The number of carbonyl (C=O) groups is 1. The van der Waals surface area contributed by atoms with Crippen LogP contribution < -0.4 is 9.47 Å². The van der Waals surface area contributed by atoms with E-state index >= 15 is 0 Å². The Kier molecular flexibility index (Phi) is 7.00. The predicted molar refractivity (Wildman–Crippen MR) is 120 cm³/mol. The van der Waals surface area contributed by atoms with E-state index in [9.17, 15) is 22.4 Å². The third-order valence-corrected chi connectivity index (χ3v) is 6.18. The van der Waals surface area contributed by atoms with Gasteiger partial charge in [-0.05, 0) is 48.7 Å². The molecule has 1 amide bonds. The van der Waals surface area contributed by atoms with Crippen molar-refractivity contribution in [2.45, 2.75) is 31.5 Å². The zero-order valence-corrected chi connectivity index (χ0v) is 19.3. The van der Waals surface area contributed by atoms with Crippen molar-refractivity contribution < 1.29 is 31.8 Å². The summed E-state index contributed by atoms with van der Waals surface area (Å²) in [6.45, 7) is 1.12. The second kappa shape index (κ2) is 9.97. The zero-order valence-electron chi connectivity index (χ0n) is 19.3. The molecular weight excluding hydrogens is 466 g/mol. The van der Waals surface area contributed by atoms with Crippen LogP contribution in [0.3, 0.4) is 0 Å². The number of piperidine rings is 1. The summed E-state index contributed by atoms with van der Waals surface area (Å²) in [7, 11) is 3.17. The number of hydrogen-bond donors (Lipinski definition) is 0. The lowest BCUT2D eigenvalue weighted by Crippen LogP contribution is -2.39. The summed E-state index contributed by atoms with van der Waals surface area (Å²) in [5.41, 5.74) is -0.645. The van der Waals surface area contributed by atoms with Gasteiger partial charge in [0.05, 0.1) is 25.3 Å². The smallest absolute Gasteiger partial charge is 0.416 e. The molecule has 0 radical (unpaired) electrons. The number of alkyl halides is 3. The Morgan fingerprint density at radius 1 is 1.06 bits per heavy atom. The predicted octanol–water partition coefficient (Wildman–Crippen LogP) is 5.13. The summed E-state index contributed by atoms with van der Waals surface area (Å²) in [4.78, 5) is 18.7. The van der Waals surface area contributed by atoms with E-state index in [1.165, 1.54) is 4.90 Å². The highest BCUT2D eigenvalue weighted by atomic mass is 19.4. The molecule has 4 rings (SSSR count). The van der Waals surface area contributed by atoms with Crippen LogP contribution in [0.15, 0.2) is 48.8 Å². The molecule has 1 saturated heterocycles. The second-order valence-electron chi connectivity index (χ2n) is 8.39. The summed E-state index contributed by atoms with van der Waals surface area (Å²) in [6, 6.07) is 7.52. The first-order chi connectivity index (χ1) is 16.7. The summed E-state index contributed by atoms with van der Waals surface area (Å²) in [5, 5.41) is 0. The Labute approximate surface area is 200 Å². The number of methoxy groups -OCH3 is 2. The summed E-state index contributed by atoms with van der Waals surface area (Å²) >= 11 is 0.